The van der Waals surface area contributed by atoms with Gasteiger partial charge in [0.25, 0.3) is 0 Å². The van der Waals surface area contributed by atoms with Gasteiger partial charge in [0.15, 0.2) is 0 Å². The van der Waals surface area contributed by atoms with Gasteiger partial charge < -0.3 is 14.2 Å². The van der Waals surface area contributed by atoms with Crippen molar-refractivity contribution in [3.05, 3.63) is 72.3 Å². The highest BCUT2D eigenvalue weighted by Crippen LogP contribution is 2.59. The maximum atomic E-state index is 12.8. The minimum absolute atomic E-state index is 0.156. The lowest BCUT2D eigenvalue weighted by Gasteiger charge is -2.13. The van der Waals surface area contributed by atoms with Crippen molar-refractivity contribution in [1.29, 1.82) is 5.26 Å². The standard InChI is InChI=1S/C26H27NO5/c1-4-15-30-23(28)14-13-21-24(26(21,2)3)25(29)32-22(17-27)18-9-8-12-20(16-18)31-19-10-6-5-7-11-19/h5-14,16,21-22,24H,4,15H2,1-3H3/t21-,22+,24-/m0/s1. The van der Waals surface area contributed by atoms with Gasteiger partial charge in [0.05, 0.1) is 12.5 Å². The number of carbonyl (C=O) groups is 2. The first-order valence-corrected chi connectivity index (χ1v) is 10.6. The number of nitrogens with zero attached hydrogens (tertiary/aromatic N) is 1. The lowest BCUT2D eigenvalue weighted by atomic mass is 10.1. The van der Waals surface area contributed by atoms with Gasteiger partial charge in [-0.3, -0.25) is 4.79 Å². The Bertz CT molecular complexity index is 1020. The summed E-state index contributed by atoms with van der Waals surface area (Å²) in [5, 5.41) is 9.62. The van der Waals surface area contributed by atoms with Crippen LogP contribution in [0.3, 0.4) is 0 Å². The average molecular weight is 434 g/mol. The molecule has 2 aromatic rings. The van der Waals surface area contributed by atoms with E-state index in [0.717, 1.165) is 6.42 Å². The van der Waals surface area contributed by atoms with Crippen molar-refractivity contribution < 1.29 is 23.8 Å². The molecule has 0 radical (unpaired) electrons. The first-order chi connectivity index (χ1) is 15.4. The van der Waals surface area contributed by atoms with E-state index in [-0.39, 0.29) is 11.3 Å². The molecule has 2 aromatic carbocycles. The molecule has 0 spiro atoms. The van der Waals surface area contributed by atoms with E-state index in [0.29, 0.717) is 23.7 Å². The lowest BCUT2D eigenvalue weighted by Crippen LogP contribution is -2.14. The van der Waals surface area contributed by atoms with Crippen LogP contribution in [0.2, 0.25) is 0 Å². The first-order valence-electron chi connectivity index (χ1n) is 10.6. The van der Waals surface area contributed by atoms with Crippen LogP contribution in [0.5, 0.6) is 11.5 Å². The molecule has 0 aromatic heterocycles. The van der Waals surface area contributed by atoms with Gasteiger partial charge in [-0.25, -0.2) is 4.79 Å². The van der Waals surface area contributed by atoms with E-state index in [1.54, 1.807) is 30.3 Å². The smallest absolute Gasteiger partial charge is 0.330 e. The molecule has 1 aliphatic carbocycles. The molecule has 3 atom stereocenters. The monoisotopic (exact) mass is 433 g/mol. The number of benzene rings is 2. The Balaban J connectivity index is 1.65. The highest BCUT2D eigenvalue weighted by molar-refractivity contribution is 5.83. The molecular weight excluding hydrogens is 406 g/mol. The third-order valence-electron chi connectivity index (χ3n) is 5.54. The number of hydrogen-bond donors (Lipinski definition) is 0. The highest BCUT2D eigenvalue weighted by atomic mass is 16.5. The van der Waals surface area contributed by atoms with Gasteiger partial charge in [-0.1, -0.05) is 57.2 Å². The normalized spacial score (nSPS) is 19.6. The Morgan fingerprint density at radius 3 is 2.53 bits per heavy atom. The molecule has 0 bridgehead atoms. The summed E-state index contributed by atoms with van der Waals surface area (Å²) in [6.45, 7) is 6.14. The van der Waals surface area contributed by atoms with E-state index in [1.165, 1.54) is 6.08 Å². The number of hydrogen-bond acceptors (Lipinski definition) is 6. The Hall–Kier alpha value is -3.59. The number of rotatable bonds is 9. The number of para-hydroxylation sites is 1. The predicted octanol–water partition coefficient (Wildman–Crippen LogP) is 5.37. The van der Waals surface area contributed by atoms with Crippen LogP contribution >= 0.6 is 0 Å². The molecule has 0 heterocycles. The van der Waals surface area contributed by atoms with E-state index in [1.807, 2.05) is 57.2 Å². The van der Waals surface area contributed by atoms with Crippen LogP contribution in [0, 0.1) is 28.6 Å². The zero-order chi connectivity index (χ0) is 23.1. The summed E-state index contributed by atoms with van der Waals surface area (Å²) in [5.74, 6) is -0.266. The second-order valence-electron chi connectivity index (χ2n) is 8.29. The number of nitriles is 1. The SMILES string of the molecule is CCCOC(=O)C=C[C@H]1[C@@H](C(=O)O[C@H](C#N)c2cccc(Oc3ccccc3)c2)C1(C)C. The number of esters is 2. The maximum Gasteiger partial charge on any atom is 0.330 e. The summed E-state index contributed by atoms with van der Waals surface area (Å²) < 4.78 is 16.4. The molecule has 0 saturated heterocycles. The van der Waals surface area contributed by atoms with Gasteiger partial charge >= 0.3 is 11.9 Å². The highest BCUT2D eigenvalue weighted by Gasteiger charge is 2.61. The van der Waals surface area contributed by atoms with E-state index in [4.69, 9.17) is 14.2 Å². The minimum atomic E-state index is -1.06. The Labute approximate surface area is 188 Å². The van der Waals surface area contributed by atoms with Gasteiger partial charge in [0.2, 0.25) is 6.10 Å². The van der Waals surface area contributed by atoms with Gasteiger partial charge in [-0.2, -0.15) is 5.26 Å². The van der Waals surface area contributed by atoms with Gasteiger partial charge in [-0.05, 0) is 42.0 Å². The summed E-state index contributed by atoms with van der Waals surface area (Å²) in [7, 11) is 0. The van der Waals surface area contributed by atoms with Crippen molar-refractivity contribution in [2.45, 2.75) is 33.3 Å². The summed E-state index contributed by atoms with van der Waals surface area (Å²) in [6.07, 6.45) is 2.75. The fraction of sp³-hybridized carbons (Fsp3) is 0.346. The van der Waals surface area contributed by atoms with E-state index in [2.05, 4.69) is 0 Å². The van der Waals surface area contributed by atoms with E-state index in [9.17, 15) is 14.9 Å². The van der Waals surface area contributed by atoms with Crippen LogP contribution in [0.25, 0.3) is 0 Å². The van der Waals surface area contributed by atoms with Crippen LogP contribution in [-0.2, 0) is 19.1 Å². The second kappa shape index (κ2) is 10.1. The van der Waals surface area contributed by atoms with Crippen molar-refractivity contribution in [2.24, 2.45) is 17.3 Å². The minimum Gasteiger partial charge on any atom is -0.463 e. The van der Waals surface area contributed by atoms with Crippen molar-refractivity contribution >= 4 is 11.9 Å². The maximum absolute atomic E-state index is 12.8. The molecule has 6 nitrogen and oxygen atoms in total. The summed E-state index contributed by atoms with van der Waals surface area (Å²) in [6, 6.07) is 18.3. The van der Waals surface area contributed by atoms with Crippen LogP contribution in [0.4, 0.5) is 0 Å². The van der Waals surface area contributed by atoms with E-state index >= 15 is 0 Å². The summed E-state index contributed by atoms with van der Waals surface area (Å²) >= 11 is 0. The lowest BCUT2D eigenvalue weighted by molar-refractivity contribution is -0.149. The van der Waals surface area contributed by atoms with Crippen molar-refractivity contribution in [3.63, 3.8) is 0 Å². The van der Waals surface area contributed by atoms with Gasteiger partial charge in [-0.15, -0.1) is 0 Å². The van der Waals surface area contributed by atoms with Crippen molar-refractivity contribution in [1.82, 2.24) is 0 Å². The van der Waals surface area contributed by atoms with Crippen LogP contribution in [0.15, 0.2) is 66.7 Å². The second-order valence-corrected chi connectivity index (χ2v) is 8.29. The molecular formula is C26H27NO5. The largest absolute Gasteiger partial charge is 0.463 e. The Morgan fingerprint density at radius 1 is 1.12 bits per heavy atom. The molecule has 1 fully saturated rings. The summed E-state index contributed by atoms with van der Waals surface area (Å²) in [4.78, 5) is 24.5. The third-order valence-corrected chi connectivity index (χ3v) is 5.54. The van der Waals surface area contributed by atoms with Crippen LogP contribution in [-0.4, -0.2) is 18.5 Å². The Kier molecular flexibility index (Phi) is 7.32. The van der Waals surface area contributed by atoms with E-state index < -0.39 is 24.0 Å². The molecule has 0 N–H and O–H groups in total. The van der Waals surface area contributed by atoms with Crippen molar-refractivity contribution in [2.75, 3.05) is 6.61 Å². The van der Waals surface area contributed by atoms with Gasteiger partial charge in [0, 0.05) is 11.6 Å². The zero-order valence-corrected chi connectivity index (χ0v) is 18.5. The molecule has 32 heavy (non-hydrogen) atoms. The number of allylic oxidation sites excluding steroid dienone is 1. The molecule has 0 aliphatic heterocycles. The average Bonchev–Trinajstić information content (AvgIpc) is 3.35. The topological polar surface area (TPSA) is 85.6 Å². The molecule has 1 saturated carbocycles. The van der Waals surface area contributed by atoms with Crippen molar-refractivity contribution in [3.8, 4) is 17.6 Å². The molecule has 0 amide bonds. The zero-order valence-electron chi connectivity index (χ0n) is 18.5. The number of carbonyl (C=O) groups excluding carboxylic acids is 2. The number of ether oxygens (including phenoxy) is 3. The molecule has 0 unspecified atom stereocenters. The quantitative estimate of drug-likeness (QED) is 0.390. The third kappa shape index (κ3) is 5.55. The Morgan fingerprint density at radius 2 is 1.84 bits per heavy atom. The fourth-order valence-electron chi connectivity index (χ4n) is 3.64. The predicted molar refractivity (Wildman–Crippen MR) is 119 cm³/mol. The van der Waals surface area contributed by atoms with Crippen LogP contribution < -0.4 is 4.74 Å². The molecule has 166 valence electrons. The van der Waals surface area contributed by atoms with Crippen LogP contribution in [0.1, 0.15) is 38.9 Å². The molecule has 3 rings (SSSR count). The van der Waals surface area contributed by atoms with Gasteiger partial charge in [0.1, 0.15) is 17.6 Å². The fourth-order valence-corrected chi connectivity index (χ4v) is 3.64. The molecule has 1 aliphatic rings. The first kappa shape index (κ1) is 23.1. The molecule has 6 heteroatoms. The summed E-state index contributed by atoms with van der Waals surface area (Å²) in [5.41, 5.74) is 0.166.